The standard InChI is InChI=1S/C16H27ClN4O5/c1-7(2)5-9(18)14(22)21(15(23)12(19)8(3)4)13(16(24)25)10-6-11(17)20-26-10/h7-10,12-13H,5-6,18-19H2,1-4H3,(H,24,25)/t9-,10?,12+,13?/m1/s1. The zero-order valence-corrected chi connectivity index (χ0v) is 16.1. The molecule has 10 heteroatoms. The second-order valence-electron chi connectivity index (χ2n) is 7.15. The molecule has 0 bridgehead atoms. The number of carboxylic acids is 1. The van der Waals surface area contributed by atoms with Crippen LogP contribution in [0.2, 0.25) is 0 Å². The van der Waals surface area contributed by atoms with Gasteiger partial charge in [0.2, 0.25) is 11.8 Å². The van der Waals surface area contributed by atoms with Gasteiger partial charge in [-0.05, 0) is 18.3 Å². The summed E-state index contributed by atoms with van der Waals surface area (Å²) in [6.45, 7) is 7.12. The Hall–Kier alpha value is -1.71. The van der Waals surface area contributed by atoms with Crippen molar-refractivity contribution in [3.05, 3.63) is 0 Å². The number of nitrogens with two attached hydrogens (primary N) is 2. The average Bonchev–Trinajstić information content (AvgIpc) is 2.95. The smallest absolute Gasteiger partial charge is 0.330 e. The molecule has 1 aliphatic rings. The predicted octanol–water partition coefficient (Wildman–Crippen LogP) is 0.493. The number of carbonyl (C=O) groups excluding carboxylic acids is 2. The van der Waals surface area contributed by atoms with Gasteiger partial charge in [-0.2, -0.15) is 0 Å². The number of rotatable bonds is 8. The fraction of sp³-hybridized carbons (Fsp3) is 0.750. The lowest BCUT2D eigenvalue weighted by atomic mass is 9.97. The van der Waals surface area contributed by atoms with Crippen molar-refractivity contribution >= 4 is 34.6 Å². The van der Waals surface area contributed by atoms with Gasteiger partial charge in [0.1, 0.15) is 5.17 Å². The molecule has 1 rings (SSSR count). The van der Waals surface area contributed by atoms with Gasteiger partial charge < -0.3 is 21.4 Å². The van der Waals surface area contributed by atoms with Crippen LogP contribution >= 0.6 is 11.6 Å². The number of carboxylic acid groups (broad SMARTS) is 1. The number of nitrogens with zero attached hydrogens (tertiary/aromatic N) is 2. The van der Waals surface area contributed by atoms with Crippen LogP contribution in [-0.2, 0) is 19.2 Å². The molecule has 1 heterocycles. The summed E-state index contributed by atoms with van der Waals surface area (Å²) in [5.74, 6) is -3.28. The number of oxime groups is 1. The maximum atomic E-state index is 12.9. The molecule has 148 valence electrons. The molecular weight excluding hydrogens is 364 g/mol. The van der Waals surface area contributed by atoms with E-state index in [2.05, 4.69) is 5.16 Å². The molecule has 0 aromatic rings. The first-order valence-corrected chi connectivity index (χ1v) is 8.84. The first-order valence-electron chi connectivity index (χ1n) is 8.46. The fourth-order valence-corrected chi connectivity index (χ4v) is 2.78. The van der Waals surface area contributed by atoms with Gasteiger partial charge in [-0.25, -0.2) is 4.79 Å². The molecule has 0 spiro atoms. The number of halogens is 1. The highest BCUT2D eigenvalue weighted by molar-refractivity contribution is 6.65. The van der Waals surface area contributed by atoms with Crippen LogP contribution < -0.4 is 11.5 Å². The molecule has 26 heavy (non-hydrogen) atoms. The molecule has 2 unspecified atom stereocenters. The molecule has 0 saturated heterocycles. The van der Waals surface area contributed by atoms with Gasteiger partial charge in [0.15, 0.2) is 12.1 Å². The van der Waals surface area contributed by atoms with Crippen molar-refractivity contribution in [3.63, 3.8) is 0 Å². The Morgan fingerprint density at radius 3 is 2.23 bits per heavy atom. The lowest BCUT2D eigenvalue weighted by Gasteiger charge is -2.34. The third kappa shape index (κ3) is 5.39. The second kappa shape index (κ2) is 9.29. The summed E-state index contributed by atoms with van der Waals surface area (Å²) >= 11 is 5.76. The highest BCUT2D eigenvalue weighted by Crippen LogP contribution is 2.23. The summed E-state index contributed by atoms with van der Waals surface area (Å²) in [6.07, 6.45) is -0.848. The summed E-state index contributed by atoms with van der Waals surface area (Å²) in [5, 5.41) is 13.2. The molecule has 0 aromatic carbocycles. The number of imide groups is 1. The highest BCUT2D eigenvalue weighted by atomic mass is 35.5. The minimum atomic E-state index is -1.63. The molecule has 4 atom stereocenters. The summed E-state index contributed by atoms with van der Waals surface area (Å²) in [7, 11) is 0. The van der Waals surface area contributed by atoms with E-state index in [-0.39, 0.29) is 29.8 Å². The molecule has 0 radical (unpaired) electrons. The topological polar surface area (TPSA) is 148 Å². The van der Waals surface area contributed by atoms with Gasteiger partial charge >= 0.3 is 5.97 Å². The maximum absolute atomic E-state index is 12.9. The van der Waals surface area contributed by atoms with Crippen LogP contribution in [0.5, 0.6) is 0 Å². The van der Waals surface area contributed by atoms with Gasteiger partial charge in [0, 0.05) is 6.42 Å². The lowest BCUT2D eigenvalue weighted by molar-refractivity contribution is -0.165. The van der Waals surface area contributed by atoms with E-state index < -0.39 is 42.0 Å². The van der Waals surface area contributed by atoms with Crippen molar-refractivity contribution in [2.24, 2.45) is 28.5 Å². The summed E-state index contributed by atoms with van der Waals surface area (Å²) in [4.78, 5) is 43.2. The van der Waals surface area contributed by atoms with Gasteiger partial charge in [0.25, 0.3) is 0 Å². The van der Waals surface area contributed by atoms with Crippen LogP contribution in [0, 0.1) is 11.8 Å². The Bertz CT molecular complexity index is 581. The molecule has 0 aliphatic carbocycles. The molecular formula is C16H27ClN4O5. The van der Waals surface area contributed by atoms with E-state index in [0.29, 0.717) is 4.90 Å². The predicted molar refractivity (Wildman–Crippen MR) is 96.3 cm³/mol. The largest absolute Gasteiger partial charge is 0.480 e. The van der Waals surface area contributed by atoms with Crippen molar-refractivity contribution in [1.82, 2.24) is 4.90 Å². The van der Waals surface area contributed by atoms with Crippen LogP contribution in [0.3, 0.4) is 0 Å². The normalized spacial score (nSPS) is 20.3. The number of aliphatic carboxylic acids is 1. The highest BCUT2D eigenvalue weighted by Gasteiger charge is 2.46. The van der Waals surface area contributed by atoms with E-state index in [4.69, 9.17) is 27.9 Å². The Kier molecular flexibility index (Phi) is 7.98. The fourth-order valence-electron chi connectivity index (χ4n) is 2.59. The van der Waals surface area contributed by atoms with Gasteiger partial charge in [-0.3, -0.25) is 14.5 Å². The molecule has 5 N–H and O–H groups in total. The van der Waals surface area contributed by atoms with Gasteiger partial charge in [0.05, 0.1) is 12.1 Å². The van der Waals surface area contributed by atoms with Gasteiger partial charge in [-0.1, -0.05) is 44.5 Å². The maximum Gasteiger partial charge on any atom is 0.330 e. The van der Waals surface area contributed by atoms with Crippen molar-refractivity contribution < 1.29 is 24.3 Å². The number of hydrogen-bond donors (Lipinski definition) is 3. The number of amides is 2. The monoisotopic (exact) mass is 390 g/mol. The van der Waals surface area contributed by atoms with E-state index in [1.165, 1.54) is 0 Å². The van der Waals surface area contributed by atoms with E-state index in [1.54, 1.807) is 13.8 Å². The minimum Gasteiger partial charge on any atom is -0.480 e. The molecule has 0 aromatic heterocycles. The second-order valence-corrected chi connectivity index (χ2v) is 7.59. The number of hydrogen-bond acceptors (Lipinski definition) is 7. The van der Waals surface area contributed by atoms with Crippen molar-refractivity contribution in [3.8, 4) is 0 Å². The first-order chi connectivity index (χ1) is 12.0. The van der Waals surface area contributed by atoms with Crippen LogP contribution in [0.25, 0.3) is 0 Å². The molecule has 0 saturated carbocycles. The van der Waals surface area contributed by atoms with Crippen LogP contribution in [0.1, 0.15) is 40.5 Å². The van der Waals surface area contributed by atoms with Crippen molar-refractivity contribution in [2.45, 2.75) is 64.8 Å². The Morgan fingerprint density at radius 2 is 1.85 bits per heavy atom. The van der Waals surface area contributed by atoms with E-state index >= 15 is 0 Å². The quantitative estimate of drug-likeness (QED) is 0.546. The Balaban J connectivity index is 3.25. The first kappa shape index (κ1) is 22.3. The van der Waals surface area contributed by atoms with Gasteiger partial charge in [-0.15, -0.1) is 0 Å². The zero-order valence-electron chi connectivity index (χ0n) is 15.4. The average molecular weight is 391 g/mol. The lowest BCUT2D eigenvalue weighted by Crippen LogP contribution is -2.62. The van der Waals surface area contributed by atoms with Crippen molar-refractivity contribution in [1.29, 1.82) is 0 Å². The van der Waals surface area contributed by atoms with Crippen LogP contribution in [-0.4, -0.2) is 57.2 Å². The zero-order chi connectivity index (χ0) is 20.2. The summed E-state index contributed by atoms with van der Waals surface area (Å²) < 4.78 is 0. The Labute approximate surface area is 157 Å². The molecule has 0 fully saturated rings. The molecule has 2 amide bonds. The summed E-state index contributed by atoms with van der Waals surface area (Å²) in [6, 6.07) is -3.74. The van der Waals surface area contributed by atoms with Crippen LogP contribution in [0.15, 0.2) is 5.16 Å². The third-order valence-corrected chi connectivity index (χ3v) is 4.28. The van der Waals surface area contributed by atoms with Crippen LogP contribution in [0.4, 0.5) is 0 Å². The Morgan fingerprint density at radius 1 is 1.27 bits per heavy atom. The number of carbonyl (C=O) groups is 3. The van der Waals surface area contributed by atoms with Crippen molar-refractivity contribution in [2.75, 3.05) is 0 Å². The third-order valence-electron chi connectivity index (χ3n) is 4.06. The van der Waals surface area contributed by atoms with E-state index in [9.17, 15) is 19.5 Å². The molecule has 9 nitrogen and oxygen atoms in total. The minimum absolute atomic E-state index is 0.0358. The summed E-state index contributed by atoms with van der Waals surface area (Å²) in [5.41, 5.74) is 11.8. The van der Waals surface area contributed by atoms with E-state index in [1.807, 2.05) is 13.8 Å². The SMILES string of the molecule is CC(C)C[C@@H](N)C(=O)N(C(=O)[C@@H](N)C(C)C)C(C(=O)O)C1CC(Cl)=NO1. The molecule has 1 aliphatic heterocycles. The van der Waals surface area contributed by atoms with E-state index in [0.717, 1.165) is 0 Å².